The monoisotopic (exact) mass is 263 g/mol. The van der Waals surface area contributed by atoms with Gasteiger partial charge in [-0.2, -0.15) is 0 Å². The Morgan fingerprint density at radius 3 is 2.53 bits per heavy atom. The maximum Gasteiger partial charge on any atom is 0.234 e. The third-order valence-electron chi connectivity index (χ3n) is 3.32. The first-order valence-electron chi connectivity index (χ1n) is 6.38. The maximum atomic E-state index is 11.5. The third-order valence-corrected chi connectivity index (χ3v) is 3.32. The van der Waals surface area contributed by atoms with Crippen LogP contribution in [0.1, 0.15) is 33.1 Å². The molecule has 0 aliphatic carbocycles. The van der Waals surface area contributed by atoms with Crippen LogP contribution in [0.2, 0.25) is 0 Å². The molecule has 102 valence electrons. The highest BCUT2D eigenvalue weighted by atomic mass is 35.5. The molecule has 1 heterocycles. The van der Waals surface area contributed by atoms with Gasteiger partial charge in [0.1, 0.15) is 0 Å². The van der Waals surface area contributed by atoms with Gasteiger partial charge in [0, 0.05) is 12.6 Å². The minimum atomic E-state index is 0. The average Bonchev–Trinajstić information content (AvgIpc) is 2.27. The second kappa shape index (κ2) is 8.72. The molecular weight excluding hydrogens is 238 g/mol. The highest BCUT2D eigenvalue weighted by Crippen LogP contribution is 2.18. The predicted octanol–water partition coefficient (Wildman–Crippen LogP) is 0.994. The summed E-state index contributed by atoms with van der Waals surface area (Å²) in [6, 6.07) is 0.288. The first-order chi connectivity index (χ1) is 7.63. The standard InChI is InChI=1S/C12H25N3O.ClH/c1-3-6-14-12(16)9-15-7-4-11(5-8-15)10(2)13;/h10-11H,3-9,13H2,1-2H3,(H,14,16);1H. The van der Waals surface area contributed by atoms with Crippen LogP contribution in [0.4, 0.5) is 0 Å². The first kappa shape index (κ1) is 16.7. The number of nitrogens with one attached hydrogen (secondary N) is 1. The van der Waals surface area contributed by atoms with Gasteiger partial charge < -0.3 is 11.1 Å². The number of hydrogen-bond donors (Lipinski definition) is 2. The Hall–Kier alpha value is -0.320. The largest absolute Gasteiger partial charge is 0.355 e. The fourth-order valence-corrected chi connectivity index (χ4v) is 2.16. The SMILES string of the molecule is CCCNC(=O)CN1CCC(C(C)N)CC1.Cl. The molecule has 1 saturated heterocycles. The summed E-state index contributed by atoms with van der Waals surface area (Å²) in [5.41, 5.74) is 5.88. The van der Waals surface area contributed by atoms with E-state index in [9.17, 15) is 4.79 Å². The van der Waals surface area contributed by atoms with Crippen LogP contribution in [0.15, 0.2) is 0 Å². The molecule has 1 fully saturated rings. The van der Waals surface area contributed by atoms with Crippen molar-refractivity contribution in [1.29, 1.82) is 0 Å². The van der Waals surface area contributed by atoms with Crippen molar-refractivity contribution in [3.05, 3.63) is 0 Å². The highest BCUT2D eigenvalue weighted by molar-refractivity contribution is 5.85. The molecule has 0 aromatic carbocycles. The summed E-state index contributed by atoms with van der Waals surface area (Å²) in [4.78, 5) is 13.7. The van der Waals surface area contributed by atoms with E-state index >= 15 is 0 Å². The quantitative estimate of drug-likeness (QED) is 0.778. The fourth-order valence-electron chi connectivity index (χ4n) is 2.16. The molecule has 4 nitrogen and oxygen atoms in total. The van der Waals surface area contributed by atoms with Crippen molar-refractivity contribution in [2.75, 3.05) is 26.2 Å². The molecule has 3 N–H and O–H groups in total. The van der Waals surface area contributed by atoms with E-state index in [1.165, 1.54) is 0 Å². The van der Waals surface area contributed by atoms with E-state index < -0.39 is 0 Å². The molecule has 1 amide bonds. The van der Waals surface area contributed by atoms with Crippen LogP contribution >= 0.6 is 12.4 Å². The summed E-state index contributed by atoms with van der Waals surface area (Å²) < 4.78 is 0. The Labute approximate surface area is 111 Å². The molecule has 1 aliphatic heterocycles. The van der Waals surface area contributed by atoms with Gasteiger partial charge >= 0.3 is 0 Å². The first-order valence-corrected chi connectivity index (χ1v) is 6.38. The Morgan fingerprint density at radius 1 is 1.47 bits per heavy atom. The highest BCUT2D eigenvalue weighted by Gasteiger charge is 2.22. The molecule has 0 saturated carbocycles. The van der Waals surface area contributed by atoms with E-state index in [1.807, 2.05) is 0 Å². The molecule has 0 radical (unpaired) electrons. The van der Waals surface area contributed by atoms with Crippen molar-refractivity contribution >= 4 is 18.3 Å². The van der Waals surface area contributed by atoms with Gasteiger partial charge in [-0.15, -0.1) is 12.4 Å². The lowest BCUT2D eigenvalue weighted by Gasteiger charge is -2.33. The number of nitrogens with zero attached hydrogens (tertiary/aromatic N) is 1. The van der Waals surface area contributed by atoms with Crippen molar-refractivity contribution < 1.29 is 4.79 Å². The summed E-state index contributed by atoms with van der Waals surface area (Å²) in [7, 11) is 0. The Kier molecular flexibility index (Phi) is 8.56. The summed E-state index contributed by atoms with van der Waals surface area (Å²) in [6.45, 7) is 7.49. The number of nitrogens with two attached hydrogens (primary N) is 1. The zero-order valence-electron chi connectivity index (χ0n) is 10.9. The van der Waals surface area contributed by atoms with Crippen molar-refractivity contribution in [3.63, 3.8) is 0 Å². The molecule has 0 spiro atoms. The molecule has 0 bridgehead atoms. The number of likely N-dealkylation sites (tertiary alicyclic amines) is 1. The number of piperidine rings is 1. The summed E-state index contributed by atoms with van der Waals surface area (Å²) in [5.74, 6) is 0.788. The van der Waals surface area contributed by atoms with Crippen LogP contribution in [0.5, 0.6) is 0 Å². The van der Waals surface area contributed by atoms with Gasteiger partial charge in [0.2, 0.25) is 5.91 Å². The van der Waals surface area contributed by atoms with E-state index in [2.05, 4.69) is 24.1 Å². The topological polar surface area (TPSA) is 58.4 Å². The van der Waals surface area contributed by atoms with Crippen LogP contribution in [-0.2, 0) is 4.79 Å². The number of amides is 1. The van der Waals surface area contributed by atoms with Crippen LogP contribution in [0.25, 0.3) is 0 Å². The second-order valence-corrected chi connectivity index (χ2v) is 4.82. The summed E-state index contributed by atoms with van der Waals surface area (Å²) >= 11 is 0. The van der Waals surface area contributed by atoms with Crippen LogP contribution in [0, 0.1) is 5.92 Å². The normalized spacial score (nSPS) is 19.5. The van der Waals surface area contributed by atoms with E-state index in [4.69, 9.17) is 5.73 Å². The molecule has 17 heavy (non-hydrogen) atoms. The number of halogens is 1. The minimum Gasteiger partial charge on any atom is -0.355 e. The summed E-state index contributed by atoms with van der Waals surface area (Å²) in [6.07, 6.45) is 3.25. The van der Waals surface area contributed by atoms with Gasteiger partial charge in [0.25, 0.3) is 0 Å². The van der Waals surface area contributed by atoms with Gasteiger partial charge in [-0.25, -0.2) is 0 Å². The second-order valence-electron chi connectivity index (χ2n) is 4.82. The van der Waals surface area contributed by atoms with Crippen LogP contribution < -0.4 is 11.1 Å². The van der Waals surface area contributed by atoms with Crippen molar-refractivity contribution in [3.8, 4) is 0 Å². The number of carbonyl (C=O) groups excluding carboxylic acids is 1. The van der Waals surface area contributed by atoms with E-state index in [0.717, 1.165) is 38.9 Å². The van der Waals surface area contributed by atoms with E-state index in [-0.39, 0.29) is 24.4 Å². The predicted molar refractivity (Wildman–Crippen MR) is 73.4 cm³/mol. The smallest absolute Gasteiger partial charge is 0.234 e. The lowest BCUT2D eigenvalue weighted by Crippen LogP contribution is -2.44. The minimum absolute atomic E-state index is 0. The molecule has 0 aromatic heterocycles. The Bertz CT molecular complexity index is 216. The van der Waals surface area contributed by atoms with Crippen LogP contribution in [0.3, 0.4) is 0 Å². The van der Waals surface area contributed by atoms with Gasteiger partial charge in [-0.3, -0.25) is 9.69 Å². The van der Waals surface area contributed by atoms with Gasteiger partial charge in [-0.05, 0) is 45.2 Å². The number of rotatable bonds is 5. The molecule has 0 aromatic rings. The van der Waals surface area contributed by atoms with E-state index in [0.29, 0.717) is 12.5 Å². The van der Waals surface area contributed by atoms with Crippen molar-refractivity contribution in [2.45, 2.75) is 39.2 Å². The van der Waals surface area contributed by atoms with E-state index in [1.54, 1.807) is 0 Å². The fraction of sp³-hybridized carbons (Fsp3) is 0.917. The number of hydrogen-bond acceptors (Lipinski definition) is 3. The van der Waals surface area contributed by atoms with Crippen molar-refractivity contribution in [2.24, 2.45) is 11.7 Å². The summed E-state index contributed by atoms with van der Waals surface area (Å²) in [5, 5.41) is 2.91. The molecule has 1 rings (SSSR count). The number of carbonyl (C=O) groups is 1. The maximum absolute atomic E-state index is 11.5. The van der Waals surface area contributed by atoms with Gasteiger partial charge in [0.05, 0.1) is 6.54 Å². The van der Waals surface area contributed by atoms with Crippen LogP contribution in [-0.4, -0.2) is 43.0 Å². The zero-order chi connectivity index (χ0) is 12.0. The Balaban J connectivity index is 0.00000256. The molecular formula is C12H26ClN3O. The lowest BCUT2D eigenvalue weighted by molar-refractivity contribution is -0.122. The average molecular weight is 264 g/mol. The third kappa shape index (κ3) is 6.24. The van der Waals surface area contributed by atoms with Gasteiger partial charge in [0.15, 0.2) is 0 Å². The van der Waals surface area contributed by atoms with Crippen molar-refractivity contribution in [1.82, 2.24) is 10.2 Å². The Morgan fingerprint density at radius 2 is 2.06 bits per heavy atom. The molecule has 5 heteroatoms. The zero-order valence-corrected chi connectivity index (χ0v) is 11.8. The molecule has 1 atom stereocenters. The van der Waals surface area contributed by atoms with Gasteiger partial charge in [-0.1, -0.05) is 6.92 Å². The lowest BCUT2D eigenvalue weighted by atomic mass is 9.91. The molecule has 1 aliphatic rings. The molecule has 1 unspecified atom stereocenters.